The number of benzene rings is 2. The van der Waals surface area contributed by atoms with Gasteiger partial charge < -0.3 is 19.0 Å². The Labute approximate surface area is 182 Å². The number of aliphatic imine (C=N–C) groups is 1. The molecule has 2 aromatic carbocycles. The summed E-state index contributed by atoms with van der Waals surface area (Å²) in [5, 5.41) is 11.4. The van der Waals surface area contributed by atoms with Gasteiger partial charge in [-0.05, 0) is 61.5 Å². The lowest BCUT2D eigenvalue weighted by Crippen LogP contribution is -2.18. The first-order valence-electron chi connectivity index (χ1n) is 9.04. The third-order valence-corrected chi connectivity index (χ3v) is 3.76. The van der Waals surface area contributed by atoms with Crippen LogP contribution in [0.25, 0.3) is 0 Å². The van der Waals surface area contributed by atoms with Crippen LogP contribution in [0.2, 0.25) is 0 Å². The summed E-state index contributed by atoms with van der Waals surface area (Å²) in [5.74, 6) is -0.858. The van der Waals surface area contributed by atoms with Crippen LogP contribution >= 0.6 is 12.2 Å². The first-order chi connectivity index (χ1) is 15.0. The standard InChI is InChI=1S/C20H18N2O8S/c23-19(27-11-3-4-12-29-22(25)26)13-28-18-6-2-1-5-17(18)20(24)30-16-9-7-15(8-10-16)21-14-31/h1-2,5-10H,3-4,11-13H2. The van der Waals surface area contributed by atoms with E-state index in [9.17, 15) is 19.7 Å². The molecule has 0 saturated heterocycles. The molecule has 0 aliphatic carbocycles. The van der Waals surface area contributed by atoms with Crippen molar-refractivity contribution >= 4 is 35.0 Å². The van der Waals surface area contributed by atoms with Crippen LogP contribution in [0, 0.1) is 10.1 Å². The highest BCUT2D eigenvalue weighted by atomic mass is 32.1. The molecule has 0 fully saturated rings. The van der Waals surface area contributed by atoms with Gasteiger partial charge in [0.15, 0.2) is 6.61 Å². The molecule has 2 aromatic rings. The molecule has 0 saturated carbocycles. The summed E-state index contributed by atoms with van der Waals surface area (Å²) < 4.78 is 15.7. The van der Waals surface area contributed by atoms with Crippen LogP contribution in [0.3, 0.4) is 0 Å². The van der Waals surface area contributed by atoms with Crippen LogP contribution in [0.15, 0.2) is 53.5 Å². The van der Waals surface area contributed by atoms with Crippen LogP contribution in [-0.2, 0) is 14.4 Å². The Balaban J connectivity index is 1.84. The van der Waals surface area contributed by atoms with E-state index in [1.807, 2.05) is 0 Å². The number of unbranched alkanes of at least 4 members (excludes halogenated alkanes) is 1. The molecule has 162 valence electrons. The largest absolute Gasteiger partial charge is 0.481 e. The molecule has 0 N–H and O–H groups in total. The summed E-state index contributed by atoms with van der Waals surface area (Å²) in [5.41, 5.74) is 0.704. The summed E-state index contributed by atoms with van der Waals surface area (Å²) in [6.07, 6.45) is 0.764. The average molecular weight is 446 g/mol. The number of para-hydroxylation sites is 1. The van der Waals surface area contributed by atoms with Crippen molar-refractivity contribution < 1.29 is 33.7 Å². The Hall–Kier alpha value is -3.82. The zero-order chi connectivity index (χ0) is 22.5. The van der Waals surface area contributed by atoms with Gasteiger partial charge in [-0.3, -0.25) is 0 Å². The van der Waals surface area contributed by atoms with E-state index < -0.39 is 23.6 Å². The van der Waals surface area contributed by atoms with Gasteiger partial charge in [-0.15, -0.1) is 10.1 Å². The van der Waals surface area contributed by atoms with E-state index >= 15 is 0 Å². The molecule has 2 rings (SSSR count). The number of carbonyl (C=O) groups excluding carboxylic acids is 2. The van der Waals surface area contributed by atoms with Crippen molar-refractivity contribution in [2.24, 2.45) is 4.99 Å². The van der Waals surface area contributed by atoms with Gasteiger partial charge in [0.05, 0.1) is 24.1 Å². The lowest BCUT2D eigenvalue weighted by atomic mass is 10.2. The maximum atomic E-state index is 12.5. The summed E-state index contributed by atoms with van der Waals surface area (Å²) in [6.45, 7) is -0.422. The van der Waals surface area contributed by atoms with Crippen LogP contribution < -0.4 is 9.47 Å². The van der Waals surface area contributed by atoms with Gasteiger partial charge in [-0.2, -0.15) is 4.99 Å². The lowest BCUT2D eigenvalue weighted by Gasteiger charge is -2.11. The van der Waals surface area contributed by atoms with E-state index in [-0.39, 0.29) is 24.5 Å². The van der Waals surface area contributed by atoms with Crippen molar-refractivity contribution in [1.82, 2.24) is 0 Å². The zero-order valence-corrected chi connectivity index (χ0v) is 17.0. The fourth-order valence-corrected chi connectivity index (χ4v) is 2.38. The van der Waals surface area contributed by atoms with Crippen LogP contribution in [0.5, 0.6) is 11.5 Å². The molecule has 0 atom stereocenters. The Morgan fingerprint density at radius 3 is 2.48 bits per heavy atom. The average Bonchev–Trinajstić information content (AvgIpc) is 2.76. The Morgan fingerprint density at radius 1 is 1.06 bits per heavy atom. The molecule has 0 spiro atoms. The molecule has 11 heteroatoms. The highest BCUT2D eigenvalue weighted by Crippen LogP contribution is 2.22. The van der Waals surface area contributed by atoms with Gasteiger partial charge in [0, 0.05) is 0 Å². The Bertz CT molecular complexity index is 958. The van der Waals surface area contributed by atoms with Gasteiger partial charge >= 0.3 is 11.9 Å². The molecule has 0 bridgehead atoms. The molecule has 0 heterocycles. The van der Waals surface area contributed by atoms with Crippen molar-refractivity contribution in [3.05, 3.63) is 64.2 Å². The normalized spacial score (nSPS) is 9.81. The van der Waals surface area contributed by atoms with Crippen molar-refractivity contribution in [1.29, 1.82) is 0 Å². The number of esters is 2. The number of hydrogen-bond acceptors (Lipinski definition) is 10. The fraction of sp³-hybridized carbons (Fsp3) is 0.250. The van der Waals surface area contributed by atoms with Gasteiger partial charge in [0.2, 0.25) is 0 Å². The van der Waals surface area contributed by atoms with Gasteiger partial charge in [0.25, 0.3) is 5.09 Å². The second-order valence-electron chi connectivity index (χ2n) is 5.86. The van der Waals surface area contributed by atoms with Crippen molar-refractivity contribution in [3.8, 4) is 11.5 Å². The molecule has 0 unspecified atom stereocenters. The number of nitrogens with zero attached hydrogens (tertiary/aromatic N) is 2. The van der Waals surface area contributed by atoms with Crippen LogP contribution in [0.1, 0.15) is 23.2 Å². The van der Waals surface area contributed by atoms with E-state index in [2.05, 4.69) is 27.2 Å². The minimum atomic E-state index is -0.882. The third kappa shape index (κ3) is 8.60. The highest BCUT2D eigenvalue weighted by molar-refractivity contribution is 7.78. The minimum Gasteiger partial charge on any atom is -0.481 e. The molecule has 0 amide bonds. The monoisotopic (exact) mass is 446 g/mol. The number of rotatable bonds is 12. The number of thiocarbonyl (C=S) groups is 1. The second-order valence-corrected chi connectivity index (χ2v) is 6.04. The molecule has 0 radical (unpaired) electrons. The van der Waals surface area contributed by atoms with Crippen molar-refractivity contribution in [2.75, 3.05) is 19.8 Å². The molecular weight excluding hydrogens is 428 g/mol. The summed E-state index contributed by atoms with van der Waals surface area (Å²) in [7, 11) is 0. The maximum Gasteiger partial charge on any atom is 0.347 e. The molecule has 31 heavy (non-hydrogen) atoms. The number of ether oxygens (including phenoxy) is 3. The fourth-order valence-electron chi connectivity index (χ4n) is 2.27. The highest BCUT2D eigenvalue weighted by Gasteiger charge is 2.16. The van der Waals surface area contributed by atoms with Crippen LogP contribution in [0.4, 0.5) is 5.69 Å². The van der Waals surface area contributed by atoms with Crippen molar-refractivity contribution in [3.63, 3.8) is 0 Å². The van der Waals surface area contributed by atoms with E-state index in [0.717, 1.165) is 0 Å². The number of isothiocyanates is 1. The summed E-state index contributed by atoms with van der Waals surface area (Å²) >= 11 is 4.53. The SMILES string of the molecule is O=C(COc1ccccc1C(=O)Oc1ccc(N=C=S)cc1)OCCCCO[N+](=O)[O-]. The van der Waals surface area contributed by atoms with Crippen LogP contribution in [-0.4, -0.2) is 42.0 Å². The van der Waals surface area contributed by atoms with Gasteiger partial charge in [0.1, 0.15) is 17.1 Å². The lowest BCUT2D eigenvalue weighted by molar-refractivity contribution is -0.757. The van der Waals surface area contributed by atoms with Gasteiger partial charge in [-0.25, -0.2) is 9.59 Å². The summed E-state index contributed by atoms with van der Waals surface area (Å²) in [4.78, 5) is 42.2. The van der Waals surface area contributed by atoms with E-state index in [4.69, 9.17) is 14.2 Å². The molecule has 0 aliphatic rings. The topological polar surface area (TPSA) is 127 Å². The molecule has 10 nitrogen and oxygen atoms in total. The number of hydrogen-bond donors (Lipinski definition) is 0. The Kier molecular flexibility index (Phi) is 9.60. The predicted octanol–water partition coefficient (Wildman–Crippen LogP) is 3.55. The van der Waals surface area contributed by atoms with E-state index in [1.165, 1.54) is 12.1 Å². The first kappa shape index (κ1) is 23.5. The number of carbonyl (C=O) groups is 2. The maximum absolute atomic E-state index is 12.5. The minimum absolute atomic E-state index is 0.0657. The first-order valence-corrected chi connectivity index (χ1v) is 9.45. The van der Waals surface area contributed by atoms with E-state index in [1.54, 1.807) is 36.4 Å². The summed E-state index contributed by atoms with van der Waals surface area (Å²) in [6, 6.07) is 12.6. The second kappa shape index (κ2) is 12.7. The predicted molar refractivity (Wildman–Crippen MR) is 111 cm³/mol. The smallest absolute Gasteiger partial charge is 0.347 e. The van der Waals surface area contributed by atoms with Crippen molar-refractivity contribution in [2.45, 2.75) is 12.8 Å². The van der Waals surface area contributed by atoms with E-state index in [0.29, 0.717) is 24.3 Å². The Morgan fingerprint density at radius 2 is 1.77 bits per heavy atom. The third-order valence-electron chi connectivity index (χ3n) is 3.67. The quantitative estimate of drug-likeness (QED) is 0.0914. The van der Waals surface area contributed by atoms with Gasteiger partial charge in [-0.1, -0.05) is 12.1 Å². The zero-order valence-electron chi connectivity index (χ0n) is 16.2. The molecule has 0 aliphatic heterocycles. The molecular formula is C20H18N2O8S. The molecule has 0 aromatic heterocycles.